The van der Waals surface area contributed by atoms with E-state index in [1.807, 2.05) is 26.0 Å². The van der Waals surface area contributed by atoms with Crippen molar-refractivity contribution < 1.29 is 13.2 Å². The average Bonchev–Trinajstić information content (AvgIpc) is 2.92. The monoisotopic (exact) mass is 339 g/mol. The predicted octanol–water partition coefficient (Wildman–Crippen LogP) is 3.63. The largest absolute Gasteiger partial charge is 0.453 e. The zero-order chi connectivity index (χ0) is 16.6. The van der Waals surface area contributed by atoms with Crippen molar-refractivity contribution in [3.63, 3.8) is 0 Å². The summed E-state index contributed by atoms with van der Waals surface area (Å²) in [5, 5.41) is 3.39. The Morgan fingerprint density at radius 1 is 1.13 bits per heavy atom. The molecule has 0 aliphatic rings. The number of hydrogen-bond donors (Lipinski definition) is 0. The minimum atomic E-state index is -4.60. The van der Waals surface area contributed by atoms with E-state index in [4.69, 9.17) is 0 Å². The van der Waals surface area contributed by atoms with Crippen LogP contribution in [-0.2, 0) is 6.18 Å². The Kier molecular flexibility index (Phi) is 3.97. The van der Waals surface area contributed by atoms with Crippen LogP contribution in [0.1, 0.15) is 18.4 Å². The van der Waals surface area contributed by atoms with E-state index in [9.17, 15) is 13.2 Å². The summed E-state index contributed by atoms with van der Waals surface area (Å²) in [6, 6.07) is 5.41. The molecule has 3 rings (SSSR count). The van der Waals surface area contributed by atoms with Crippen LogP contribution in [0.4, 0.5) is 13.2 Å². The number of fused-ring (bicyclic) bond motifs is 1. The standard InChI is InChI=1S/C14H12F3N5S/c1-3-23-10-5-4-8(2)18-11(10)9-6-7-22-13(19-9)20-12(21-22)14(15,16)17/h4-7H,3H2,1-2H3. The fourth-order valence-corrected chi connectivity index (χ4v) is 2.79. The summed E-state index contributed by atoms with van der Waals surface area (Å²) in [5.41, 5.74) is 1.91. The predicted molar refractivity (Wildman–Crippen MR) is 80.2 cm³/mol. The van der Waals surface area contributed by atoms with Gasteiger partial charge < -0.3 is 0 Å². The van der Waals surface area contributed by atoms with Gasteiger partial charge in [-0.15, -0.1) is 16.9 Å². The molecule has 0 bridgehead atoms. The minimum Gasteiger partial charge on any atom is -0.250 e. The molecule has 3 heterocycles. The first-order chi connectivity index (χ1) is 10.9. The van der Waals surface area contributed by atoms with Gasteiger partial charge in [0.05, 0.1) is 5.69 Å². The molecule has 0 aromatic carbocycles. The maximum absolute atomic E-state index is 12.7. The van der Waals surface area contributed by atoms with Crippen LogP contribution in [0.2, 0.25) is 0 Å². The molecule has 0 amide bonds. The van der Waals surface area contributed by atoms with Crippen LogP contribution in [-0.4, -0.2) is 30.3 Å². The molecule has 3 aromatic rings. The highest BCUT2D eigenvalue weighted by atomic mass is 32.2. The highest BCUT2D eigenvalue weighted by Crippen LogP contribution is 2.30. The van der Waals surface area contributed by atoms with Crippen LogP contribution in [0.15, 0.2) is 29.3 Å². The van der Waals surface area contributed by atoms with Crippen molar-refractivity contribution in [2.45, 2.75) is 24.9 Å². The van der Waals surface area contributed by atoms with Gasteiger partial charge >= 0.3 is 6.18 Å². The molecule has 0 spiro atoms. The molecule has 0 fully saturated rings. The van der Waals surface area contributed by atoms with Crippen LogP contribution in [0.3, 0.4) is 0 Å². The lowest BCUT2D eigenvalue weighted by Gasteiger charge is -2.07. The lowest BCUT2D eigenvalue weighted by molar-refractivity contribution is -0.144. The summed E-state index contributed by atoms with van der Waals surface area (Å²) in [6.45, 7) is 3.86. The molecule has 120 valence electrons. The van der Waals surface area contributed by atoms with Gasteiger partial charge in [0, 0.05) is 16.8 Å². The smallest absolute Gasteiger partial charge is 0.250 e. The number of aromatic nitrogens is 5. The number of aryl methyl sites for hydroxylation is 1. The molecule has 0 aliphatic carbocycles. The summed E-state index contributed by atoms with van der Waals surface area (Å²) in [4.78, 5) is 13.0. The van der Waals surface area contributed by atoms with Crippen molar-refractivity contribution in [1.29, 1.82) is 0 Å². The Hall–Kier alpha value is -2.16. The van der Waals surface area contributed by atoms with Gasteiger partial charge in [-0.05, 0) is 30.9 Å². The maximum atomic E-state index is 12.7. The van der Waals surface area contributed by atoms with E-state index in [0.29, 0.717) is 11.4 Å². The van der Waals surface area contributed by atoms with Crippen molar-refractivity contribution in [2.24, 2.45) is 0 Å². The first kappa shape index (κ1) is 15.7. The topological polar surface area (TPSA) is 56.0 Å². The second kappa shape index (κ2) is 5.80. The van der Waals surface area contributed by atoms with Gasteiger partial charge in [-0.25, -0.2) is 9.50 Å². The molecule has 0 unspecified atom stereocenters. The number of thioether (sulfide) groups is 1. The van der Waals surface area contributed by atoms with E-state index in [-0.39, 0.29) is 5.78 Å². The summed E-state index contributed by atoms with van der Waals surface area (Å²) < 4.78 is 39.1. The summed E-state index contributed by atoms with van der Waals surface area (Å²) in [5.74, 6) is -0.462. The first-order valence-corrected chi connectivity index (χ1v) is 7.78. The third-order valence-corrected chi connectivity index (χ3v) is 3.93. The first-order valence-electron chi connectivity index (χ1n) is 6.80. The molecule has 3 aromatic heterocycles. The van der Waals surface area contributed by atoms with Crippen molar-refractivity contribution in [1.82, 2.24) is 24.6 Å². The van der Waals surface area contributed by atoms with E-state index < -0.39 is 12.0 Å². The molecular formula is C14H12F3N5S. The van der Waals surface area contributed by atoms with Gasteiger partial charge in [-0.2, -0.15) is 18.2 Å². The van der Waals surface area contributed by atoms with Gasteiger partial charge in [0.1, 0.15) is 5.69 Å². The molecule has 5 nitrogen and oxygen atoms in total. The number of nitrogens with zero attached hydrogens (tertiary/aromatic N) is 5. The zero-order valence-corrected chi connectivity index (χ0v) is 13.1. The SMILES string of the molecule is CCSc1ccc(C)nc1-c1ccn2nc(C(F)(F)F)nc2n1. The quantitative estimate of drug-likeness (QED) is 0.682. The third kappa shape index (κ3) is 3.14. The van der Waals surface area contributed by atoms with E-state index in [1.165, 1.54) is 6.20 Å². The number of pyridine rings is 1. The van der Waals surface area contributed by atoms with Crippen molar-refractivity contribution in [2.75, 3.05) is 5.75 Å². The molecule has 0 aliphatic heterocycles. The molecular weight excluding hydrogens is 327 g/mol. The number of hydrogen-bond acceptors (Lipinski definition) is 5. The van der Waals surface area contributed by atoms with Crippen molar-refractivity contribution in [3.05, 3.63) is 35.9 Å². The number of alkyl halides is 3. The molecule has 0 saturated heterocycles. The van der Waals surface area contributed by atoms with Crippen LogP contribution in [0.25, 0.3) is 17.2 Å². The summed E-state index contributed by atoms with van der Waals surface area (Å²) >= 11 is 1.59. The Morgan fingerprint density at radius 2 is 1.91 bits per heavy atom. The van der Waals surface area contributed by atoms with Crippen LogP contribution in [0, 0.1) is 6.92 Å². The van der Waals surface area contributed by atoms with Gasteiger partial charge in [0.2, 0.25) is 0 Å². The van der Waals surface area contributed by atoms with E-state index in [1.54, 1.807) is 17.8 Å². The average molecular weight is 339 g/mol. The molecule has 23 heavy (non-hydrogen) atoms. The maximum Gasteiger partial charge on any atom is 0.453 e. The van der Waals surface area contributed by atoms with Crippen molar-refractivity contribution in [3.8, 4) is 11.4 Å². The summed E-state index contributed by atoms with van der Waals surface area (Å²) in [6.07, 6.45) is -3.19. The number of rotatable bonds is 3. The fraction of sp³-hybridized carbons (Fsp3) is 0.286. The molecule has 0 atom stereocenters. The van der Waals surface area contributed by atoms with E-state index >= 15 is 0 Å². The van der Waals surface area contributed by atoms with Crippen LogP contribution in [0.5, 0.6) is 0 Å². The van der Waals surface area contributed by atoms with E-state index in [0.717, 1.165) is 20.9 Å². The Bertz CT molecular complexity index is 859. The molecule has 9 heteroatoms. The second-order valence-corrected chi connectivity index (χ2v) is 6.03. The minimum absolute atomic E-state index is 0.106. The van der Waals surface area contributed by atoms with Crippen molar-refractivity contribution >= 4 is 17.5 Å². The second-order valence-electron chi connectivity index (χ2n) is 4.72. The third-order valence-electron chi connectivity index (χ3n) is 3.00. The van der Waals surface area contributed by atoms with Crippen LogP contribution >= 0.6 is 11.8 Å². The molecule has 0 N–H and O–H groups in total. The highest BCUT2D eigenvalue weighted by Gasteiger charge is 2.36. The van der Waals surface area contributed by atoms with Gasteiger partial charge in [-0.1, -0.05) is 6.92 Å². The van der Waals surface area contributed by atoms with E-state index in [2.05, 4.69) is 20.1 Å². The fourth-order valence-electron chi connectivity index (χ4n) is 2.03. The normalized spacial score (nSPS) is 12.0. The van der Waals surface area contributed by atoms with Gasteiger partial charge in [0.15, 0.2) is 0 Å². The summed E-state index contributed by atoms with van der Waals surface area (Å²) in [7, 11) is 0. The highest BCUT2D eigenvalue weighted by molar-refractivity contribution is 7.99. The lowest BCUT2D eigenvalue weighted by Crippen LogP contribution is -2.07. The Labute approximate surface area is 134 Å². The lowest BCUT2D eigenvalue weighted by atomic mass is 10.2. The Balaban J connectivity index is 2.12. The van der Waals surface area contributed by atoms with Gasteiger partial charge in [0.25, 0.3) is 11.6 Å². The van der Waals surface area contributed by atoms with Crippen LogP contribution < -0.4 is 0 Å². The van der Waals surface area contributed by atoms with Gasteiger partial charge in [-0.3, -0.25) is 4.98 Å². The number of halogens is 3. The Morgan fingerprint density at radius 3 is 2.61 bits per heavy atom. The molecule has 0 radical (unpaired) electrons. The molecule has 0 saturated carbocycles. The zero-order valence-electron chi connectivity index (χ0n) is 12.3.